The van der Waals surface area contributed by atoms with Gasteiger partial charge in [0.25, 0.3) is 0 Å². The Morgan fingerprint density at radius 3 is 3.05 bits per heavy atom. The summed E-state index contributed by atoms with van der Waals surface area (Å²) in [5.41, 5.74) is 1.27. The average Bonchev–Trinajstić information content (AvgIpc) is 2.84. The smallest absolute Gasteiger partial charge is 0.122 e. The van der Waals surface area contributed by atoms with Gasteiger partial charge in [-0.25, -0.2) is 0 Å². The molecule has 2 heterocycles. The Labute approximate surface area is 116 Å². The van der Waals surface area contributed by atoms with E-state index in [1.165, 1.54) is 5.56 Å². The third-order valence-corrected chi connectivity index (χ3v) is 3.58. The quantitative estimate of drug-likeness (QED) is 0.858. The number of hydrogen-bond acceptors (Lipinski definition) is 4. The monoisotopic (exact) mass is 266 g/mol. The van der Waals surface area contributed by atoms with Gasteiger partial charge in [-0.15, -0.1) is 0 Å². The van der Waals surface area contributed by atoms with Crippen molar-refractivity contribution in [1.82, 2.24) is 10.2 Å². The zero-order valence-electron chi connectivity index (χ0n) is 12.3. The molecule has 4 nitrogen and oxygen atoms in total. The van der Waals surface area contributed by atoms with Crippen LogP contribution in [0, 0.1) is 0 Å². The molecule has 0 spiro atoms. The van der Waals surface area contributed by atoms with Gasteiger partial charge in [-0.05, 0) is 12.5 Å². The molecular weight excluding hydrogens is 240 g/mol. The molecule has 1 saturated heterocycles. The average molecular weight is 266 g/mol. The fourth-order valence-electron chi connectivity index (χ4n) is 2.35. The first-order valence-corrected chi connectivity index (χ1v) is 7.31. The van der Waals surface area contributed by atoms with Crippen LogP contribution in [-0.2, 0) is 17.8 Å². The second-order valence-corrected chi connectivity index (χ2v) is 5.54. The highest BCUT2D eigenvalue weighted by molar-refractivity contribution is 5.17. The summed E-state index contributed by atoms with van der Waals surface area (Å²) in [5, 5.41) is 3.44. The minimum Gasteiger partial charge on any atom is -0.468 e. The van der Waals surface area contributed by atoms with E-state index in [2.05, 4.69) is 37.1 Å². The number of rotatable bonds is 6. The van der Waals surface area contributed by atoms with E-state index in [1.54, 1.807) is 6.26 Å². The Hall–Kier alpha value is -0.840. The van der Waals surface area contributed by atoms with E-state index in [-0.39, 0.29) is 0 Å². The van der Waals surface area contributed by atoms with Gasteiger partial charge in [-0.3, -0.25) is 4.90 Å². The summed E-state index contributed by atoms with van der Waals surface area (Å²) in [6, 6.07) is 2.57. The van der Waals surface area contributed by atoms with E-state index >= 15 is 0 Å². The van der Waals surface area contributed by atoms with Crippen LogP contribution in [0.3, 0.4) is 0 Å². The summed E-state index contributed by atoms with van der Waals surface area (Å²) in [4.78, 5) is 2.43. The van der Waals surface area contributed by atoms with Crippen molar-refractivity contribution >= 4 is 0 Å². The number of ether oxygens (including phenoxy) is 1. The normalized spacial score (nSPS) is 21.2. The molecule has 0 saturated carbocycles. The van der Waals surface area contributed by atoms with E-state index < -0.39 is 0 Å². The molecule has 1 atom stereocenters. The fourth-order valence-corrected chi connectivity index (χ4v) is 2.35. The minimum atomic E-state index is 0.376. The molecule has 1 aromatic rings. The molecule has 0 aromatic carbocycles. The van der Waals surface area contributed by atoms with Crippen molar-refractivity contribution in [1.29, 1.82) is 0 Å². The first kappa shape index (κ1) is 14.6. The maximum atomic E-state index is 5.70. The van der Waals surface area contributed by atoms with Crippen LogP contribution in [0.1, 0.15) is 38.5 Å². The SMILES string of the molecule is CCC1CN(Cc2occc2CNC(C)C)CCO1. The van der Waals surface area contributed by atoms with Crippen LogP contribution < -0.4 is 5.32 Å². The van der Waals surface area contributed by atoms with Crippen molar-refractivity contribution in [3.05, 3.63) is 23.7 Å². The zero-order chi connectivity index (χ0) is 13.7. The molecular formula is C15H26N2O2. The van der Waals surface area contributed by atoms with E-state index in [9.17, 15) is 0 Å². The molecule has 0 aliphatic carbocycles. The molecule has 0 bridgehead atoms. The largest absolute Gasteiger partial charge is 0.468 e. The molecule has 0 amide bonds. The van der Waals surface area contributed by atoms with E-state index in [0.717, 1.165) is 45.0 Å². The molecule has 19 heavy (non-hydrogen) atoms. The third kappa shape index (κ3) is 4.34. The number of nitrogens with one attached hydrogen (secondary N) is 1. The van der Waals surface area contributed by atoms with Gasteiger partial charge in [0.15, 0.2) is 0 Å². The van der Waals surface area contributed by atoms with E-state index in [4.69, 9.17) is 9.15 Å². The predicted octanol–water partition coefficient (Wildman–Crippen LogP) is 2.39. The van der Waals surface area contributed by atoms with Gasteiger partial charge in [0, 0.05) is 31.2 Å². The number of furan rings is 1. The van der Waals surface area contributed by atoms with E-state index in [0.29, 0.717) is 12.1 Å². The van der Waals surface area contributed by atoms with Gasteiger partial charge >= 0.3 is 0 Å². The van der Waals surface area contributed by atoms with Gasteiger partial charge in [-0.1, -0.05) is 20.8 Å². The number of nitrogens with zero attached hydrogens (tertiary/aromatic N) is 1. The van der Waals surface area contributed by atoms with Crippen LogP contribution in [0.25, 0.3) is 0 Å². The van der Waals surface area contributed by atoms with Crippen LogP contribution in [0.5, 0.6) is 0 Å². The van der Waals surface area contributed by atoms with Crippen molar-refractivity contribution in [2.75, 3.05) is 19.7 Å². The minimum absolute atomic E-state index is 0.376. The van der Waals surface area contributed by atoms with Crippen molar-refractivity contribution in [3.8, 4) is 0 Å². The summed E-state index contributed by atoms with van der Waals surface area (Å²) in [6.45, 7) is 11.1. The lowest BCUT2D eigenvalue weighted by Crippen LogP contribution is -2.41. The van der Waals surface area contributed by atoms with Crippen LogP contribution >= 0.6 is 0 Å². The van der Waals surface area contributed by atoms with Crippen LogP contribution in [0.2, 0.25) is 0 Å². The van der Waals surface area contributed by atoms with E-state index in [1.807, 2.05) is 0 Å². The molecule has 1 fully saturated rings. The maximum absolute atomic E-state index is 5.70. The predicted molar refractivity (Wildman–Crippen MR) is 76.0 cm³/mol. The molecule has 108 valence electrons. The molecule has 1 aliphatic rings. The Morgan fingerprint density at radius 1 is 1.47 bits per heavy atom. The summed E-state index contributed by atoms with van der Waals surface area (Å²) >= 11 is 0. The second kappa shape index (κ2) is 7.08. The van der Waals surface area contributed by atoms with Crippen molar-refractivity contribution in [2.24, 2.45) is 0 Å². The van der Waals surface area contributed by atoms with Crippen LogP contribution in [-0.4, -0.2) is 36.7 Å². The Morgan fingerprint density at radius 2 is 2.32 bits per heavy atom. The lowest BCUT2D eigenvalue weighted by atomic mass is 10.2. The van der Waals surface area contributed by atoms with Crippen molar-refractivity contribution in [3.63, 3.8) is 0 Å². The fraction of sp³-hybridized carbons (Fsp3) is 0.733. The molecule has 1 aromatic heterocycles. The molecule has 1 unspecified atom stereocenters. The number of hydrogen-bond donors (Lipinski definition) is 1. The summed E-state index contributed by atoms with van der Waals surface area (Å²) in [6.07, 6.45) is 3.25. The summed E-state index contributed by atoms with van der Waals surface area (Å²) in [7, 11) is 0. The van der Waals surface area contributed by atoms with Gasteiger partial charge in [0.2, 0.25) is 0 Å². The number of morpholine rings is 1. The third-order valence-electron chi connectivity index (χ3n) is 3.58. The van der Waals surface area contributed by atoms with Crippen molar-refractivity contribution < 1.29 is 9.15 Å². The summed E-state index contributed by atoms with van der Waals surface area (Å²) < 4.78 is 11.3. The van der Waals surface area contributed by atoms with Crippen molar-refractivity contribution in [2.45, 2.75) is 52.4 Å². The Kier molecular flexibility index (Phi) is 5.43. The highest BCUT2D eigenvalue weighted by Crippen LogP contribution is 2.16. The zero-order valence-corrected chi connectivity index (χ0v) is 12.3. The first-order chi connectivity index (χ1) is 9.19. The molecule has 1 N–H and O–H groups in total. The van der Waals surface area contributed by atoms with Gasteiger partial charge in [-0.2, -0.15) is 0 Å². The van der Waals surface area contributed by atoms with Gasteiger partial charge in [0.1, 0.15) is 5.76 Å². The molecule has 2 rings (SSSR count). The van der Waals surface area contributed by atoms with Crippen LogP contribution in [0.4, 0.5) is 0 Å². The Bertz CT molecular complexity index is 376. The molecule has 0 radical (unpaired) electrons. The standard InChI is InChI=1S/C15H26N2O2/c1-4-14-10-17(6-8-18-14)11-15-13(5-7-19-15)9-16-12(2)3/h5,7,12,14,16H,4,6,8-11H2,1-3H3. The second-order valence-electron chi connectivity index (χ2n) is 5.54. The van der Waals surface area contributed by atoms with Gasteiger partial charge < -0.3 is 14.5 Å². The van der Waals surface area contributed by atoms with Gasteiger partial charge in [0.05, 0.1) is 25.5 Å². The maximum Gasteiger partial charge on any atom is 0.122 e. The van der Waals surface area contributed by atoms with Crippen LogP contribution in [0.15, 0.2) is 16.7 Å². The molecule has 4 heteroatoms. The highest BCUT2D eigenvalue weighted by atomic mass is 16.5. The highest BCUT2D eigenvalue weighted by Gasteiger charge is 2.20. The molecule has 1 aliphatic heterocycles. The lowest BCUT2D eigenvalue weighted by Gasteiger charge is -2.32. The topological polar surface area (TPSA) is 37.6 Å². The first-order valence-electron chi connectivity index (χ1n) is 7.31. The lowest BCUT2D eigenvalue weighted by molar-refractivity contribution is -0.0343. The Balaban J connectivity index is 1.89. The summed E-state index contributed by atoms with van der Waals surface area (Å²) in [5.74, 6) is 1.09.